The van der Waals surface area contributed by atoms with Crippen molar-refractivity contribution in [2.75, 3.05) is 0 Å². The van der Waals surface area contributed by atoms with Crippen LogP contribution in [-0.4, -0.2) is 17.5 Å². The number of carbonyl (C=O) groups is 1. The Hall–Kier alpha value is -0.280. The Morgan fingerprint density at radius 2 is 1.79 bits per heavy atom. The van der Waals surface area contributed by atoms with Crippen LogP contribution in [-0.2, 0) is 4.79 Å². The number of amides is 1. The molecule has 4 heteroatoms. The van der Waals surface area contributed by atoms with E-state index >= 15 is 0 Å². The second-order valence-corrected chi connectivity index (χ2v) is 6.34. The third kappa shape index (κ3) is 4.35. The third-order valence-corrected chi connectivity index (χ3v) is 4.83. The van der Waals surface area contributed by atoms with Gasteiger partial charge in [0.15, 0.2) is 0 Å². The van der Waals surface area contributed by atoms with E-state index in [4.69, 9.17) is 5.73 Å². The number of nitrogens with one attached hydrogen (secondary N) is 1. The van der Waals surface area contributed by atoms with Gasteiger partial charge in [-0.05, 0) is 44.4 Å². The fourth-order valence-electron chi connectivity index (χ4n) is 3.57. The molecule has 3 nitrogen and oxygen atoms in total. The van der Waals surface area contributed by atoms with Gasteiger partial charge in [-0.15, -0.1) is 12.4 Å². The van der Waals surface area contributed by atoms with Gasteiger partial charge in [-0.1, -0.05) is 32.6 Å². The molecule has 19 heavy (non-hydrogen) atoms. The summed E-state index contributed by atoms with van der Waals surface area (Å²) in [5, 5.41) is 3.20. The van der Waals surface area contributed by atoms with Gasteiger partial charge in [0.2, 0.25) is 5.91 Å². The van der Waals surface area contributed by atoms with Crippen LogP contribution in [0.25, 0.3) is 0 Å². The van der Waals surface area contributed by atoms with Crippen LogP contribution < -0.4 is 11.1 Å². The molecule has 0 aromatic carbocycles. The molecule has 0 aromatic rings. The summed E-state index contributed by atoms with van der Waals surface area (Å²) in [6.45, 7) is 2.26. The number of halogens is 1. The normalized spacial score (nSPS) is 29.6. The van der Waals surface area contributed by atoms with Crippen molar-refractivity contribution in [1.82, 2.24) is 5.32 Å². The van der Waals surface area contributed by atoms with Gasteiger partial charge in [0.1, 0.15) is 0 Å². The number of hydrogen-bond donors (Lipinski definition) is 2. The quantitative estimate of drug-likeness (QED) is 0.835. The van der Waals surface area contributed by atoms with Crippen LogP contribution in [0, 0.1) is 5.92 Å². The lowest BCUT2D eigenvalue weighted by Gasteiger charge is -2.32. The third-order valence-electron chi connectivity index (χ3n) is 4.83. The largest absolute Gasteiger partial charge is 0.352 e. The van der Waals surface area contributed by atoms with Crippen molar-refractivity contribution in [3.8, 4) is 0 Å². The smallest absolute Gasteiger partial charge is 0.240 e. The molecule has 0 bridgehead atoms. The molecular weight excluding hydrogens is 260 g/mol. The van der Waals surface area contributed by atoms with Crippen LogP contribution in [0.2, 0.25) is 0 Å². The van der Waals surface area contributed by atoms with Gasteiger partial charge >= 0.3 is 0 Å². The summed E-state index contributed by atoms with van der Waals surface area (Å²) in [7, 11) is 0. The van der Waals surface area contributed by atoms with E-state index in [0.29, 0.717) is 6.04 Å². The molecule has 3 N–H and O–H groups in total. The van der Waals surface area contributed by atoms with Crippen molar-refractivity contribution < 1.29 is 4.79 Å². The van der Waals surface area contributed by atoms with Gasteiger partial charge < -0.3 is 11.1 Å². The van der Waals surface area contributed by atoms with E-state index < -0.39 is 5.54 Å². The van der Waals surface area contributed by atoms with Crippen molar-refractivity contribution >= 4 is 18.3 Å². The fraction of sp³-hybridized carbons (Fsp3) is 0.933. The molecule has 2 saturated carbocycles. The Morgan fingerprint density at radius 3 is 2.32 bits per heavy atom. The van der Waals surface area contributed by atoms with Crippen LogP contribution in [0.15, 0.2) is 0 Å². The van der Waals surface area contributed by atoms with E-state index in [1.165, 1.54) is 25.7 Å². The first kappa shape index (κ1) is 16.8. The molecule has 0 aliphatic heterocycles. The summed E-state index contributed by atoms with van der Waals surface area (Å²) >= 11 is 0. The molecule has 0 spiro atoms. The lowest BCUT2D eigenvalue weighted by Crippen LogP contribution is -2.54. The van der Waals surface area contributed by atoms with Gasteiger partial charge in [0.25, 0.3) is 0 Å². The number of rotatable bonds is 4. The standard InChI is InChI=1S/C15H28N2O.ClH/c1-2-5-12-6-8-13(9-7-12)17-14(18)15(16)10-3-4-11-15;/h12-13H,2-11,16H2,1H3,(H,17,18);1H. The Labute approximate surface area is 123 Å². The van der Waals surface area contributed by atoms with Crippen molar-refractivity contribution in [2.24, 2.45) is 11.7 Å². The van der Waals surface area contributed by atoms with Crippen LogP contribution in [0.3, 0.4) is 0 Å². The van der Waals surface area contributed by atoms with Gasteiger partial charge in [0.05, 0.1) is 5.54 Å². The SMILES string of the molecule is CCCC1CCC(NC(=O)C2(N)CCCC2)CC1.Cl. The minimum Gasteiger partial charge on any atom is -0.352 e. The van der Waals surface area contributed by atoms with E-state index in [1.807, 2.05) is 0 Å². The van der Waals surface area contributed by atoms with Crippen LogP contribution in [0.1, 0.15) is 71.1 Å². The highest BCUT2D eigenvalue weighted by atomic mass is 35.5. The molecule has 0 unspecified atom stereocenters. The zero-order chi connectivity index (χ0) is 13.0. The minimum atomic E-state index is -0.555. The number of hydrogen-bond acceptors (Lipinski definition) is 2. The van der Waals surface area contributed by atoms with Crippen LogP contribution >= 0.6 is 12.4 Å². The molecule has 0 aromatic heterocycles. The minimum absolute atomic E-state index is 0. The molecule has 2 aliphatic carbocycles. The van der Waals surface area contributed by atoms with Crippen LogP contribution in [0.5, 0.6) is 0 Å². The molecule has 2 fully saturated rings. The molecular formula is C15H29ClN2O. The van der Waals surface area contributed by atoms with Gasteiger partial charge in [0, 0.05) is 6.04 Å². The highest BCUT2D eigenvalue weighted by molar-refractivity contribution is 5.86. The Bertz CT molecular complexity index is 282. The maximum atomic E-state index is 12.2. The average molecular weight is 289 g/mol. The van der Waals surface area contributed by atoms with Crippen molar-refractivity contribution in [2.45, 2.75) is 82.7 Å². The summed E-state index contributed by atoms with van der Waals surface area (Å²) in [6, 6.07) is 0.381. The van der Waals surface area contributed by atoms with Gasteiger partial charge in [-0.3, -0.25) is 4.79 Å². The maximum absolute atomic E-state index is 12.2. The van der Waals surface area contributed by atoms with E-state index in [1.54, 1.807) is 0 Å². The summed E-state index contributed by atoms with van der Waals surface area (Å²) in [5.74, 6) is 1.00. The summed E-state index contributed by atoms with van der Waals surface area (Å²) < 4.78 is 0. The monoisotopic (exact) mass is 288 g/mol. The predicted molar refractivity (Wildman–Crippen MR) is 81.4 cm³/mol. The van der Waals surface area contributed by atoms with E-state index in [2.05, 4.69) is 12.2 Å². The molecule has 2 rings (SSSR count). The maximum Gasteiger partial charge on any atom is 0.240 e. The molecule has 1 amide bonds. The van der Waals surface area contributed by atoms with E-state index in [-0.39, 0.29) is 18.3 Å². The summed E-state index contributed by atoms with van der Waals surface area (Å²) in [5.41, 5.74) is 5.63. The highest BCUT2D eigenvalue weighted by Gasteiger charge is 2.38. The van der Waals surface area contributed by atoms with E-state index in [9.17, 15) is 4.79 Å². The topological polar surface area (TPSA) is 55.1 Å². The average Bonchev–Trinajstić information content (AvgIpc) is 2.80. The second-order valence-electron chi connectivity index (χ2n) is 6.34. The van der Waals surface area contributed by atoms with E-state index in [0.717, 1.165) is 44.4 Å². The zero-order valence-electron chi connectivity index (χ0n) is 12.1. The fourth-order valence-corrected chi connectivity index (χ4v) is 3.57. The molecule has 2 aliphatic rings. The highest BCUT2D eigenvalue weighted by Crippen LogP contribution is 2.30. The first-order valence-electron chi connectivity index (χ1n) is 7.74. The summed E-state index contributed by atoms with van der Waals surface area (Å²) in [6.07, 6.45) is 11.4. The number of carbonyl (C=O) groups excluding carboxylic acids is 1. The van der Waals surface area contributed by atoms with Crippen molar-refractivity contribution in [3.63, 3.8) is 0 Å². The second kappa shape index (κ2) is 7.49. The Kier molecular flexibility index (Phi) is 6.61. The van der Waals surface area contributed by atoms with Crippen LogP contribution in [0.4, 0.5) is 0 Å². The predicted octanol–water partition coefficient (Wildman–Crippen LogP) is 3.15. The Morgan fingerprint density at radius 1 is 1.21 bits per heavy atom. The first-order valence-corrected chi connectivity index (χ1v) is 7.74. The number of nitrogens with two attached hydrogens (primary N) is 1. The van der Waals surface area contributed by atoms with Gasteiger partial charge in [-0.25, -0.2) is 0 Å². The van der Waals surface area contributed by atoms with Crippen molar-refractivity contribution in [3.05, 3.63) is 0 Å². The zero-order valence-corrected chi connectivity index (χ0v) is 12.9. The Balaban J connectivity index is 0.00000180. The van der Waals surface area contributed by atoms with Crippen molar-refractivity contribution in [1.29, 1.82) is 0 Å². The lowest BCUT2D eigenvalue weighted by molar-refractivity contribution is -0.127. The molecule has 0 atom stereocenters. The molecule has 112 valence electrons. The summed E-state index contributed by atoms with van der Waals surface area (Å²) in [4.78, 5) is 12.2. The lowest BCUT2D eigenvalue weighted by atomic mass is 9.83. The van der Waals surface area contributed by atoms with Gasteiger partial charge in [-0.2, -0.15) is 0 Å². The first-order chi connectivity index (χ1) is 8.64. The molecule has 0 radical (unpaired) electrons. The molecule has 0 heterocycles. The molecule has 0 saturated heterocycles.